The highest BCUT2D eigenvalue weighted by Crippen LogP contribution is 2.21. The maximum absolute atomic E-state index is 12.3. The summed E-state index contributed by atoms with van der Waals surface area (Å²) in [5.41, 5.74) is 3.80. The molecule has 1 aliphatic rings. The number of benzene rings is 1. The second kappa shape index (κ2) is 8.08. The molecular weight excluding hydrogens is 306 g/mol. The zero-order valence-electron chi connectivity index (χ0n) is 13.7. The van der Waals surface area contributed by atoms with Gasteiger partial charge in [0.15, 0.2) is 0 Å². The predicted molar refractivity (Wildman–Crippen MR) is 89.0 cm³/mol. The zero-order chi connectivity index (χ0) is 16.8. The molecule has 0 saturated carbocycles. The lowest BCUT2D eigenvalue weighted by atomic mass is 10.0. The number of hydrogen-bond donors (Lipinski definition) is 2. The number of rotatable bonds is 7. The Balaban J connectivity index is 1.40. The molecule has 0 radical (unpaired) electrons. The summed E-state index contributed by atoms with van der Waals surface area (Å²) in [7, 11) is 0. The number of aromatic nitrogens is 2. The molecule has 0 saturated heterocycles. The number of aliphatic hydroxyl groups is 1. The van der Waals surface area contributed by atoms with E-state index in [2.05, 4.69) is 10.2 Å². The molecule has 0 atom stereocenters. The maximum Gasteiger partial charge on any atom is 0.222 e. The van der Waals surface area contributed by atoms with Gasteiger partial charge in [0, 0.05) is 43.8 Å². The molecule has 0 bridgehead atoms. The van der Waals surface area contributed by atoms with Crippen molar-refractivity contribution in [1.82, 2.24) is 15.1 Å². The minimum atomic E-state index is -0.0960. The van der Waals surface area contributed by atoms with Crippen LogP contribution in [0.2, 0.25) is 0 Å². The molecule has 3 rings (SSSR count). The molecular formula is C18H23N3O3. The number of fused-ring (bicyclic) bond motifs is 1. The van der Waals surface area contributed by atoms with Crippen LogP contribution in [0, 0.1) is 0 Å². The Hall–Kier alpha value is -2.18. The van der Waals surface area contributed by atoms with Gasteiger partial charge in [0.25, 0.3) is 0 Å². The third-order valence-corrected chi connectivity index (χ3v) is 4.31. The molecule has 0 spiro atoms. The van der Waals surface area contributed by atoms with Gasteiger partial charge in [-0.1, -0.05) is 30.3 Å². The average Bonchev–Trinajstić information content (AvgIpc) is 3.04. The Bertz CT molecular complexity index is 656. The number of carbonyl (C=O) groups is 1. The van der Waals surface area contributed by atoms with Crippen LogP contribution < -0.4 is 0 Å². The smallest absolute Gasteiger partial charge is 0.222 e. The molecule has 1 aromatic heterocycles. The van der Waals surface area contributed by atoms with Crippen molar-refractivity contribution in [3.05, 3.63) is 52.8 Å². The van der Waals surface area contributed by atoms with E-state index in [1.54, 1.807) is 0 Å². The van der Waals surface area contributed by atoms with Crippen molar-refractivity contribution in [3.8, 4) is 0 Å². The van der Waals surface area contributed by atoms with Crippen molar-refractivity contribution in [2.75, 3.05) is 13.2 Å². The molecule has 1 aliphatic heterocycles. The number of amides is 1. The minimum Gasteiger partial charge on any atom is -0.390 e. The number of aliphatic hydroxyl groups excluding tert-OH is 1. The van der Waals surface area contributed by atoms with Crippen LogP contribution in [-0.2, 0) is 35.7 Å². The Morgan fingerprint density at radius 2 is 2.17 bits per heavy atom. The zero-order valence-corrected chi connectivity index (χ0v) is 13.7. The van der Waals surface area contributed by atoms with Gasteiger partial charge in [-0.15, -0.1) is 0 Å². The second-order valence-corrected chi connectivity index (χ2v) is 5.99. The predicted octanol–water partition coefficient (Wildman–Crippen LogP) is 1.78. The van der Waals surface area contributed by atoms with Crippen molar-refractivity contribution < 1.29 is 14.6 Å². The third-order valence-electron chi connectivity index (χ3n) is 4.31. The van der Waals surface area contributed by atoms with E-state index in [4.69, 9.17) is 4.74 Å². The monoisotopic (exact) mass is 329 g/mol. The molecule has 0 fully saturated rings. The Morgan fingerprint density at radius 3 is 2.96 bits per heavy atom. The Morgan fingerprint density at radius 1 is 1.33 bits per heavy atom. The van der Waals surface area contributed by atoms with Gasteiger partial charge in [-0.2, -0.15) is 5.10 Å². The van der Waals surface area contributed by atoms with Gasteiger partial charge in [0.1, 0.15) is 0 Å². The molecule has 0 unspecified atom stereocenters. The number of ether oxygens (including phenoxy) is 1. The molecule has 6 nitrogen and oxygen atoms in total. The van der Waals surface area contributed by atoms with Crippen molar-refractivity contribution in [2.45, 2.75) is 39.0 Å². The minimum absolute atomic E-state index is 0.0960. The van der Waals surface area contributed by atoms with Crippen LogP contribution in [0.5, 0.6) is 0 Å². The first-order valence-corrected chi connectivity index (χ1v) is 8.33. The largest absolute Gasteiger partial charge is 0.390 e. The average molecular weight is 329 g/mol. The van der Waals surface area contributed by atoms with Crippen LogP contribution in [0.25, 0.3) is 0 Å². The summed E-state index contributed by atoms with van der Waals surface area (Å²) < 4.78 is 5.62. The van der Waals surface area contributed by atoms with Crippen LogP contribution in [0.3, 0.4) is 0 Å². The summed E-state index contributed by atoms with van der Waals surface area (Å²) in [5, 5.41) is 16.3. The maximum atomic E-state index is 12.3. The number of carbonyl (C=O) groups excluding carboxylic acids is 1. The van der Waals surface area contributed by atoms with Crippen LogP contribution in [0.4, 0.5) is 0 Å². The molecule has 1 aromatic carbocycles. The Labute approximate surface area is 141 Å². The van der Waals surface area contributed by atoms with Crippen LogP contribution in [0.15, 0.2) is 30.3 Å². The van der Waals surface area contributed by atoms with Crippen molar-refractivity contribution in [2.24, 2.45) is 0 Å². The molecule has 24 heavy (non-hydrogen) atoms. The van der Waals surface area contributed by atoms with Gasteiger partial charge in [0.05, 0.1) is 18.9 Å². The summed E-state index contributed by atoms with van der Waals surface area (Å²) in [6.07, 6.45) is 1.96. The van der Waals surface area contributed by atoms with E-state index in [1.807, 2.05) is 35.2 Å². The fraction of sp³-hybridized carbons (Fsp3) is 0.444. The SMILES string of the molecule is O=C(CCCOCc1ccccc1)N1CCc2[nH]nc(CO)c2C1. The lowest BCUT2D eigenvalue weighted by Gasteiger charge is -2.27. The first-order valence-electron chi connectivity index (χ1n) is 8.33. The summed E-state index contributed by atoms with van der Waals surface area (Å²) >= 11 is 0. The van der Waals surface area contributed by atoms with Gasteiger partial charge in [0.2, 0.25) is 5.91 Å². The molecule has 2 N–H and O–H groups in total. The first kappa shape index (κ1) is 16.7. The normalized spacial score (nSPS) is 13.8. The van der Waals surface area contributed by atoms with E-state index < -0.39 is 0 Å². The van der Waals surface area contributed by atoms with E-state index >= 15 is 0 Å². The highest BCUT2D eigenvalue weighted by Gasteiger charge is 2.24. The number of nitrogens with zero attached hydrogens (tertiary/aromatic N) is 2. The number of hydrogen-bond acceptors (Lipinski definition) is 4. The van der Waals surface area contributed by atoms with Gasteiger partial charge in [-0.3, -0.25) is 9.89 Å². The summed E-state index contributed by atoms with van der Waals surface area (Å²) in [6, 6.07) is 10.0. The van der Waals surface area contributed by atoms with Gasteiger partial charge >= 0.3 is 0 Å². The first-order chi connectivity index (χ1) is 11.8. The van der Waals surface area contributed by atoms with E-state index in [0.717, 1.165) is 23.2 Å². The Kier molecular flexibility index (Phi) is 5.61. The highest BCUT2D eigenvalue weighted by atomic mass is 16.5. The van der Waals surface area contributed by atoms with Crippen LogP contribution >= 0.6 is 0 Å². The summed E-state index contributed by atoms with van der Waals surface area (Å²) in [4.78, 5) is 14.2. The summed E-state index contributed by atoms with van der Waals surface area (Å²) in [5.74, 6) is 0.133. The van der Waals surface area contributed by atoms with E-state index in [9.17, 15) is 9.90 Å². The lowest BCUT2D eigenvalue weighted by Crippen LogP contribution is -2.36. The van der Waals surface area contributed by atoms with E-state index in [0.29, 0.717) is 44.8 Å². The van der Waals surface area contributed by atoms with Crippen molar-refractivity contribution in [1.29, 1.82) is 0 Å². The topological polar surface area (TPSA) is 78.5 Å². The highest BCUT2D eigenvalue weighted by molar-refractivity contribution is 5.76. The molecule has 1 amide bonds. The fourth-order valence-corrected chi connectivity index (χ4v) is 2.95. The number of aromatic amines is 1. The van der Waals surface area contributed by atoms with Gasteiger partial charge < -0.3 is 14.7 Å². The number of H-pyrrole nitrogens is 1. The molecule has 6 heteroatoms. The lowest BCUT2D eigenvalue weighted by molar-refractivity contribution is -0.132. The standard InChI is InChI=1S/C18H23N3O3/c22-12-17-15-11-21(9-8-16(15)19-20-17)18(23)7-4-10-24-13-14-5-2-1-3-6-14/h1-3,5-6,22H,4,7-13H2,(H,19,20). The molecule has 128 valence electrons. The molecule has 2 aromatic rings. The van der Waals surface area contributed by atoms with E-state index in [-0.39, 0.29) is 12.5 Å². The molecule has 2 heterocycles. The quantitative estimate of drug-likeness (QED) is 0.759. The number of nitrogens with one attached hydrogen (secondary N) is 1. The van der Waals surface area contributed by atoms with Crippen LogP contribution in [0.1, 0.15) is 35.4 Å². The van der Waals surface area contributed by atoms with Crippen molar-refractivity contribution in [3.63, 3.8) is 0 Å². The van der Waals surface area contributed by atoms with Crippen LogP contribution in [-0.4, -0.2) is 39.3 Å². The van der Waals surface area contributed by atoms with Gasteiger partial charge in [-0.05, 0) is 12.0 Å². The van der Waals surface area contributed by atoms with Crippen molar-refractivity contribution >= 4 is 5.91 Å². The van der Waals surface area contributed by atoms with Gasteiger partial charge in [-0.25, -0.2) is 0 Å². The third kappa shape index (κ3) is 4.01. The second-order valence-electron chi connectivity index (χ2n) is 5.99. The molecule has 0 aliphatic carbocycles. The summed E-state index contributed by atoms with van der Waals surface area (Å²) in [6.45, 7) is 2.29. The van der Waals surface area contributed by atoms with E-state index in [1.165, 1.54) is 0 Å². The fourth-order valence-electron chi connectivity index (χ4n) is 2.95.